The zero-order chi connectivity index (χ0) is 13.1. The number of hydrogen-bond acceptors (Lipinski definition) is 4. The summed E-state index contributed by atoms with van der Waals surface area (Å²) in [6.45, 7) is 4.12. The van der Waals surface area contributed by atoms with E-state index in [9.17, 15) is 15.3 Å². The summed E-state index contributed by atoms with van der Waals surface area (Å²) < 4.78 is 0. The van der Waals surface area contributed by atoms with Crippen LogP contribution in [0.1, 0.15) is 39.0 Å². The van der Waals surface area contributed by atoms with Crippen molar-refractivity contribution in [2.24, 2.45) is 11.8 Å². The van der Waals surface area contributed by atoms with Gasteiger partial charge in [-0.1, -0.05) is 19.8 Å². The summed E-state index contributed by atoms with van der Waals surface area (Å²) in [6, 6.07) is 0. The second-order valence-corrected chi connectivity index (χ2v) is 6.15. The maximum Gasteiger partial charge on any atom is 0.0938 e. The monoisotopic (exact) mass is 257 g/mol. The van der Waals surface area contributed by atoms with Gasteiger partial charge in [0.25, 0.3) is 0 Å². The molecule has 2 aliphatic rings. The van der Waals surface area contributed by atoms with E-state index in [0.717, 1.165) is 31.7 Å². The number of nitrogens with zero attached hydrogens (tertiary/aromatic N) is 1. The van der Waals surface area contributed by atoms with E-state index in [1.54, 1.807) is 0 Å². The van der Waals surface area contributed by atoms with E-state index in [0.29, 0.717) is 19.0 Å². The Kier molecular flexibility index (Phi) is 5.01. The van der Waals surface area contributed by atoms with Gasteiger partial charge >= 0.3 is 0 Å². The van der Waals surface area contributed by atoms with Crippen molar-refractivity contribution in [3.63, 3.8) is 0 Å². The summed E-state index contributed by atoms with van der Waals surface area (Å²) >= 11 is 0. The predicted octanol–water partition coefficient (Wildman–Crippen LogP) is 0.601. The summed E-state index contributed by atoms with van der Waals surface area (Å²) in [5, 5.41) is 29.2. The molecule has 0 spiro atoms. The van der Waals surface area contributed by atoms with Crippen LogP contribution in [0, 0.1) is 11.8 Å². The third-order valence-electron chi connectivity index (χ3n) is 4.58. The third-order valence-corrected chi connectivity index (χ3v) is 4.58. The standard InChI is InChI=1S/C14H27NO3/c1-2-3-10-4-5-12(16)11(6-10)7-15-8-13(17)14(18)9-15/h10-14,16-18H,2-9H2,1H3. The first kappa shape index (κ1) is 14.3. The maximum absolute atomic E-state index is 10.1. The number of aliphatic hydroxyl groups is 3. The van der Waals surface area contributed by atoms with Gasteiger partial charge in [0.15, 0.2) is 0 Å². The molecule has 0 amide bonds. The van der Waals surface area contributed by atoms with Crippen LogP contribution < -0.4 is 0 Å². The van der Waals surface area contributed by atoms with Gasteiger partial charge < -0.3 is 15.3 Å². The quantitative estimate of drug-likeness (QED) is 0.690. The van der Waals surface area contributed by atoms with Crippen LogP contribution >= 0.6 is 0 Å². The Balaban J connectivity index is 1.83. The molecule has 4 nitrogen and oxygen atoms in total. The summed E-state index contributed by atoms with van der Waals surface area (Å²) in [7, 11) is 0. The molecule has 18 heavy (non-hydrogen) atoms. The van der Waals surface area contributed by atoms with E-state index in [1.807, 2.05) is 0 Å². The van der Waals surface area contributed by atoms with Gasteiger partial charge in [0.05, 0.1) is 18.3 Å². The lowest BCUT2D eigenvalue weighted by molar-refractivity contribution is 0.0273. The molecule has 0 radical (unpaired) electrons. The molecule has 0 aromatic carbocycles. The minimum Gasteiger partial charge on any atom is -0.393 e. The average Bonchev–Trinajstić information content (AvgIpc) is 2.63. The second kappa shape index (κ2) is 6.33. The van der Waals surface area contributed by atoms with Gasteiger partial charge in [0.1, 0.15) is 0 Å². The molecule has 1 aliphatic heterocycles. The Morgan fingerprint density at radius 3 is 2.28 bits per heavy atom. The number of likely N-dealkylation sites (tertiary alicyclic amines) is 1. The zero-order valence-electron chi connectivity index (χ0n) is 11.3. The van der Waals surface area contributed by atoms with Gasteiger partial charge in [0, 0.05) is 19.6 Å². The second-order valence-electron chi connectivity index (χ2n) is 6.15. The molecule has 1 saturated heterocycles. The summed E-state index contributed by atoms with van der Waals surface area (Å²) in [6.07, 6.45) is 4.20. The van der Waals surface area contributed by atoms with Gasteiger partial charge in [-0.3, -0.25) is 4.90 Å². The Morgan fingerprint density at radius 1 is 1.00 bits per heavy atom. The molecule has 1 aliphatic carbocycles. The molecule has 2 rings (SSSR count). The van der Waals surface area contributed by atoms with Gasteiger partial charge in [-0.25, -0.2) is 0 Å². The molecule has 0 bridgehead atoms. The average molecular weight is 257 g/mol. The zero-order valence-corrected chi connectivity index (χ0v) is 11.3. The van der Waals surface area contributed by atoms with E-state index in [1.165, 1.54) is 12.8 Å². The number of rotatable bonds is 4. The van der Waals surface area contributed by atoms with Crippen molar-refractivity contribution in [3.8, 4) is 0 Å². The Morgan fingerprint density at radius 2 is 1.67 bits per heavy atom. The van der Waals surface area contributed by atoms with Crippen LogP contribution in [0.5, 0.6) is 0 Å². The van der Waals surface area contributed by atoms with Crippen LogP contribution in [-0.2, 0) is 0 Å². The lowest BCUT2D eigenvalue weighted by Gasteiger charge is -2.35. The maximum atomic E-state index is 10.1. The Labute approximate surface area is 110 Å². The van der Waals surface area contributed by atoms with Crippen LogP contribution in [0.2, 0.25) is 0 Å². The minimum absolute atomic E-state index is 0.201. The lowest BCUT2D eigenvalue weighted by Crippen LogP contribution is -2.38. The first-order valence-corrected chi connectivity index (χ1v) is 7.36. The molecule has 2 fully saturated rings. The first-order chi connectivity index (χ1) is 8.60. The smallest absolute Gasteiger partial charge is 0.0938 e. The predicted molar refractivity (Wildman–Crippen MR) is 70.2 cm³/mol. The van der Waals surface area contributed by atoms with E-state index in [4.69, 9.17) is 0 Å². The summed E-state index contributed by atoms with van der Waals surface area (Å²) in [5.41, 5.74) is 0. The van der Waals surface area contributed by atoms with Crippen molar-refractivity contribution < 1.29 is 15.3 Å². The highest BCUT2D eigenvalue weighted by atomic mass is 16.3. The fourth-order valence-electron chi connectivity index (χ4n) is 3.54. The molecule has 0 aromatic rings. The first-order valence-electron chi connectivity index (χ1n) is 7.36. The molecule has 1 saturated carbocycles. The number of hydrogen-bond donors (Lipinski definition) is 3. The molecule has 4 heteroatoms. The van der Waals surface area contributed by atoms with Crippen LogP contribution in [0.4, 0.5) is 0 Å². The van der Waals surface area contributed by atoms with Crippen molar-refractivity contribution in [1.29, 1.82) is 0 Å². The third kappa shape index (κ3) is 3.44. The van der Waals surface area contributed by atoms with Crippen LogP contribution in [0.15, 0.2) is 0 Å². The van der Waals surface area contributed by atoms with Gasteiger partial charge in [-0.05, 0) is 31.1 Å². The van der Waals surface area contributed by atoms with Crippen LogP contribution in [0.25, 0.3) is 0 Å². The van der Waals surface area contributed by atoms with E-state index >= 15 is 0 Å². The highest BCUT2D eigenvalue weighted by Crippen LogP contribution is 2.33. The minimum atomic E-state index is -0.614. The molecule has 5 atom stereocenters. The van der Waals surface area contributed by atoms with Crippen molar-refractivity contribution in [1.82, 2.24) is 4.90 Å². The highest BCUT2D eigenvalue weighted by molar-refractivity contribution is 4.88. The molecular formula is C14H27NO3. The molecule has 106 valence electrons. The fraction of sp³-hybridized carbons (Fsp3) is 1.00. The van der Waals surface area contributed by atoms with Crippen molar-refractivity contribution >= 4 is 0 Å². The molecular weight excluding hydrogens is 230 g/mol. The molecule has 3 N–H and O–H groups in total. The normalized spacial score (nSPS) is 42.3. The van der Waals surface area contributed by atoms with Crippen molar-refractivity contribution in [3.05, 3.63) is 0 Å². The topological polar surface area (TPSA) is 63.9 Å². The van der Waals surface area contributed by atoms with E-state index in [-0.39, 0.29) is 6.10 Å². The Hall–Kier alpha value is -0.160. The van der Waals surface area contributed by atoms with E-state index in [2.05, 4.69) is 11.8 Å². The summed E-state index contributed by atoms with van der Waals surface area (Å²) in [5.74, 6) is 1.06. The van der Waals surface area contributed by atoms with Gasteiger partial charge in [-0.2, -0.15) is 0 Å². The van der Waals surface area contributed by atoms with Crippen molar-refractivity contribution in [2.75, 3.05) is 19.6 Å². The molecule has 0 aromatic heterocycles. The SMILES string of the molecule is CCCC1CCC(O)C(CN2CC(O)C(O)C2)C1. The number of aliphatic hydroxyl groups excluding tert-OH is 3. The largest absolute Gasteiger partial charge is 0.393 e. The van der Waals surface area contributed by atoms with E-state index < -0.39 is 12.2 Å². The number of β-amino-alcohol motifs (C(OH)–C–C–N with tert-alkyl or cyclic N) is 2. The van der Waals surface area contributed by atoms with Crippen molar-refractivity contribution in [2.45, 2.75) is 57.3 Å². The fourth-order valence-corrected chi connectivity index (χ4v) is 3.54. The molecule has 1 heterocycles. The molecule has 5 unspecified atom stereocenters. The van der Waals surface area contributed by atoms with Crippen LogP contribution in [0.3, 0.4) is 0 Å². The summed E-state index contributed by atoms with van der Waals surface area (Å²) in [4.78, 5) is 2.09. The van der Waals surface area contributed by atoms with Gasteiger partial charge in [0.2, 0.25) is 0 Å². The Bertz CT molecular complexity index is 251. The van der Waals surface area contributed by atoms with Gasteiger partial charge in [-0.15, -0.1) is 0 Å². The highest BCUT2D eigenvalue weighted by Gasteiger charge is 2.34. The lowest BCUT2D eigenvalue weighted by atomic mass is 9.77. The van der Waals surface area contributed by atoms with Crippen LogP contribution in [-0.4, -0.2) is 58.2 Å².